The van der Waals surface area contributed by atoms with E-state index in [1.165, 1.54) is 11.3 Å². The maximum atomic E-state index is 11.3. The average Bonchev–Trinajstić information content (AvgIpc) is 2.64. The summed E-state index contributed by atoms with van der Waals surface area (Å²) < 4.78 is 1.61. The predicted octanol–water partition coefficient (Wildman–Crippen LogP) is 4.14. The molecule has 0 bridgehead atoms. The minimum Gasteiger partial charge on any atom is -0.481 e. The van der Waals surface area contributed by atoms with Crippen LogP contribution in [0.3, 0.4) is 0 Å². The van der Waals surface area contributed by atoms with Gasteiger partial charge < -0.3 is 10.4 Å². The van der Waals surface area contributed by atoms with Crippen molar-refractivity contribution in [1.82, 2.24) is 5.32 Å². The first-order valence-electron chi connectivity index (χ1n) is 5.83. The molecule has 0 saturated carbocycles. The largest absolute Gasteiger partial charge is 0.481 e. The van der Waals surface area contributed by atoms with Crippen molar-refractivity contribution >= 4 is 44.8 Å². The lowest BCUT2D eigenvalue weighted by Gasteiger charge is -2.26. The molecule has 1 aromatic rings. The lowest BCUT2D eigenvalue weighted by Crippen LogP contribution is -2.39. The summed E-state index contributed by atoms with van der Waals surface area (Å²) in [6.07, 6.45) is 1.25. The van der Waals surface area contributed by atoms with Gasteiger partial charge in [-0.15, -0.1) is 11.3 Å². The molecule has 0 aromatic carbocycles. The van der Waals surface area contributed by atoms with Crippen molar-refractivity contribution in [3.05, 3.63) is 19.8 Å². The number of carboxylic acid groups (broad SMARTS) is 1. The second-order valence-electron chi connectivity index (χ2n) is 4.23. The van der Waals surface area contributed by atoms with Crippen molar-refractivity contribution in [2.75, 3.05) is 6.54 Å². The molecular formula is C12H17BrClNO2S. The van der Waals surface area contributed by atoms with E-state index < -0.39 is 11.4 Å². The van der Waals surface area contributed by atoms with Crippen LogP contribution in [0.1, 0.15) is 31.6 Å². The van der Waals surface area contributed by atoms with E-state index in [1.807, 2.05) is 19.9 Å². The van der Waals surface area contributed by atoms with E-state index in [2.05, 4.69) is 21.2 Å². The molecule has 0 spiro atoms. The van der Waals surface area contributed by atoms with Gasteiger partial charge in [0.2, 0.25) is 0 Å². The summed E-state index contributed by atoms with van der Waals surface area (Å²) in [6.45, 7) is 4.95. The van der Waals surface area contributed by atoms with E-state index in [-0.39, 0.29) is 0 Å². The zero-order chi connectivity index (χ0) is 13.8. The fourth-order valence-electron chi connectivity index (χ4n) is 1.78. The third kappa shape index (κ3) is 3.70. The highest BCUT2D eigenvalue weighted by Gasteiger charge is 2.34. The molecule has 0 amide bonds. The van der Waals surface area contributed by atoms with Gasteiger partial charge in [-0.2, -0.15) is 0 Å². The van der Waals surface area contributed by atoms with Crippen LogP contribution in [-0.2, 0) is 11.3 Å². The number of carbonyl (C=O) groups is 1. The average molecular weight is 355 g/mol. The van der Waals surface area contributed by atoms with Crippen LogP contribution in [-0.4, -0.2) is 17.6 Å². The molecule has 102 valence electrons. The predicted molar refractivity (Wildman–Crippen MR) is 79.4 cm³/mol. The van der Waals surface area contributed by atoms with Gasteiger partial charge in [-0.1, -0.05) is 25.4 Å². The summed E-state index contributed by atoms with van der Waals surface area (Å²) in [5.41, 5.74) is -0.668. The van der Waals surface area contributed by atoms with E-state index in [4.69, 9.17) is 11.6 Å². The Kier molecular flexibility index (Phi) is 6.11. The summed E-state index contributed by atoms with van der Waals surface area (Å²) in [4.78, 5) is 12.4. The lowest BCUT2D eigenvalue weighted by atomic mass is 9.82. The minimum atomic E-state index is -0.731. The van der Waals surface area contributed by atoms with Gasteiger partial charge in [-0.05, 0) is 34.8 Å². The Bertz CT molecular complexity index is 399. The summed E-state index contributed by atoms with van der Waals surface area (Å²) >= 11 is 10.8. The first-order chi connectivity index (χ1) is 8.45. The highest BCUT2D eigenvalue weighted by molar-refractivity contribution is 9.10. The zero-order valence-electron chi connectivity index (χ0n) is 10.4. The third-order valence-electron chi connectivity index (χ3n) is 3.27. The molecule has 0 saturated heterocycles. The number of halogens is 2. The van der Waals surface area contributed by atoms with Crippen LogP contribution in [0.25, 0.3) is 0 Å². The molecule has 0 aliphatic heterocycles. The smallest absolute Gasteiger partial charge is 0.310 e. The zero-order valence-corrected chi connectivity index (χ0v) is 13.6. The molecule has 18 heavy (non-hydrogen) atoms. The van der Waals surface area contributed by atoms with Crippen molar-refractivity contribution in [3.8, 4) is 0 Å². The number of hydrogen-bond acceptors (Lipinski definition) is 3. The van der Waals surface area contributed by atoms with Gasteiger partial charge in [-0.25, -0.2) is 0 Å². The standard InChI is InChI=1S/C12H17BrClNO2S/c1-3-12(4-2,11(16)17)7-15-6-8-5-9(13)10(14)18-8/h5,15H,3-4,6-7H2,1-2H3,(H,16,17). The molecule has 1 heterocycles. The first kappa shape index (κ1) is 16.0. The fourth-order valence-corrected chi connectivity index (χ4v) is 3.54. The van der Waals surface area contributed by atoms with Gasteiger partial charge in [0, 0.05) is 22.4 Å². The first-order valence-corrected chi connectivity index (χ1v) is 7.81. The van der Waals surface area contributed by atoms with Gasteiger partial charge in [-0.3, -0.25) is 4.79 Å². The SMILES string of the molecule is CCC(CC)(CNCc1cc(Br)c(Cl)s1)C(=O)O. The van der Waals surface area contributed by atoms with Crippen LogP contribution in [0.4, 0.5) is 0 Å². The quantitative estimate of drug-likeness (QED) is 0.773. The second-order valence-corrected chi connectivity index (χ2v) is 6.82. The Hall–Kier alpha value is -0.100. The molecular weight excluding hydrogens is 338 g/mol. The van der Waals surface area contributed by atoms with Gasteiger partial charge in [0.25, 0.3) is 0 Å². The normalized spacial score (nSPS) is 11.8. The van der Waals surface area contributed by atoms with Gasteiger partial charge in [0.15, 0.2) is 0 Å². The van der Waals surface area contributed by atoms with E-state index in [0.717, 1.165) is 13.7 Å². The molecule has 1 rings (SSSR count). The summed E-state index contributed by atoms with van der Waals surface area (Å²) in [6, 6.07) is 1.96. The Morgan fingerprint density at radius 3 is 2.56 bits per heavy atom. The number of rotatable bonds is 7. The Morgan fingerprint density at radius 2 is 2.17 bits per heavy atom. The summed E-state index contributed by atoms with van der Waals surface area (Å²) in [5, 5.41) is 12.5. The second kappa shape index (κ2) is 6.89. The molecule has 0 atom stereocenters. The minimum absolute atomic E-state index is 0.475. The Morgan fingerprint density at radius 1 is 1.56 bits per heavy atom. The highest BCUT2D eigenvalue weighted by atomic mass is 79.9. The Balaban J connectivity index is 2.56. The van der Waals surface area contributed by atoms with Crippen molar-refractivity contribution < 1.29 is 9.90 Å². The number of thiophene rings is 1. The number of hydrogen-bond donors (Lipinski definition) is 2. The molecule has 0 radical (unpaired) electrons. The monoisotopic (exact) mass is 353 g/mol. The van der Waals surface area contributed by atoms with Gasteiger partial charge in [0.05, 0.1) is 5.41 Å². The molecule has 1 aromatic heterocycles. The van der Waals surface area contributed by atoms with Gasteiger partial charge in [0.1, 0.15) is 4.34 Å². The number of carboxylic acids is 1. The lowest BCUT2D eigenvalue weighted by molar-refractivity contribution is -0.149. The molecule has 0 unspecified atom stereocenters. The van der Waals surface area contributed by atoms with E-state index in [0.29, 0.717) is 25.9 Å². The molecule has 3 nitrogen and oxygen atoms in total. The van der Waals surface area contributed by atoms with Crippen LogP contribution < -0.4 is 5.32 Å². The van der Waals surface area contributed by atoms with Crippen molar-refractivity contribution in [1.29, 1.82) is 0 Å². The maximum Gasteiger partial charge on any atom is 0.310 e. The highest BCUT2D eigenvalue weighted by Crippen LogP contribution is 2.32. The molecule has 0 aliphatic rings. The van der Waals surface area contributed by atoms with Crippen LogP contribution in [0.5, 0.6) is 0 Å². The topological polar surface area (TPSA) is 49.3 Å². The molecule has 0 aliphatic carbocycles. The van der Waals surface area contributed by atoms with Crippen LogP contribution in [0, 0.1) is 5.41 Å². The Labute approximate surface area is 125 Å². The van der Waals surface area contributed by atoms with E-state index in [9.17, 15) is 9.90 Å². The van der Waals surface area contributed by atoms with Crippen LogP contribution in [0.15, 0.2) is 10.5 Å². The van der Waals surface area contributed by atoms with Crippen LogP contribution >= 0.6 is 38.9 Å². The summed E-state index contributed by atoms with van der Waals surface area (Å²) in [5.74, 6) is -0.731. The van der Waals surface area contributed by atoms with E-state index in [1.54, 1.807) is 0 Å². The molecule has 6 heteroatoms. The number of aliphatic carboxylic acids is 1. The summed E-state index contributed by atoms with van der Waals surface area (Å²) in [7, 11) is 0. The third-order valence-corrected chi connectivity index (χ3v) is 5.74. The van der Waals surface area contributed by atoms with E-state index >= 15 is 0 Å². The van der Waals surface area contributed by atoms with Crippen molar-refractivity contribution in [2.45, 2.75) is 33.2 Å². The molecule has 2 N–H and O–H groups in total. The number of nitrogens with one attached hydrogen (secondary N) is 1. The van der Waals surface area contributed by atoms with Crippen LogP contribution in [0.2, 0.25) is 4.34 Å². The maximum absolute atomic E-state index is 11.3. The molecule has 0 fully saturated rings. The van der Waals surface area contributed by atoms with Crippen molar-refractivity contribution in [3.63, 3.8) is 0 Å². The van der Waals surface area contributed by atoms with Crippen molar-refractivity contribution in [2.24, 2.45) is 5.41 Å². The van der Waals surface area contributed by atoms with Gasteiger partial charge >= 0.3 is 5.97 Å². The fraction of sp³-hybridized carbons (Fsp3) is 0.583.